The monoisotopic (exact) mass is 199 g/mol. The van der Waals surface area contributed by atoms with E-state index in [1.165, 1.54) is 0 Å². The summed E-state index contributed by atoms with van der Waals surface area (Å²) in [6.45, 7) is 0. The van der Waals surface area contributed by atoms with Crippen LogP contribution < -0.4 is 5.19 Å². The van der Waals surface area contributed by atoms with Crippen LogP contribution in [0.5, 0.6) is 0 Å². The Labute approximate surface area is 78.8 Å². The number of nitrogens with zero attached hydrogens (tertiary/aromatic N) is 1. The highest BCUT2D eigenvalue weighted by Gasteiger charge is 2.40. The lowest BCUT2D eigenvalue weighted by molar-refractivity contribution is 0.140. The van der Waals surface area contributed by atoms with E-state index in [-0.39, 0.29) is 0 Å². The van der Waals surface area contributed by atoms with Crippen LogP contribution >= 0.6 is 0 Å². The van der Waals surface area contributed by atoms with Gasteiger partial charge in [-0.05, 0) is 6.07 Å². The molecule has 0 amide bonds. The quantitative estimate of drug-likeness (QED) is 0.648. The van der Waals surface area contributed by atoms with Crippen molar-refractivity contribution < 1.29 is 13.3 Å². The van der Waals surface area contributed by atoms with Gasteiger partial charge in [-0.1, -0.05) is 6.07 Å². The van der Waals surface area contributed by atoms with E-state index in [9.17, 15) is 0 Å². The van der Waals surface area contributed by atoms with Gasteiger partial charge in [0.1, 0.15) is 0 Å². The van der Waals surface area contributed by atoms with Gasteiger partial charge in [0, 0.05) is 38.9 Å². The summed E-state index contributed by atoms with van der Waals surface area (Å²) in [5.41, 5.74) is 0. The molecule has 0 N–H and O–H groups in total. The molecule has 0 radical (unpaired) electrons. The van der Waals surface area contributed by atoms with Crippen LogP contribution in [0.25, 0.3) is 0 Å². The minimum Gasteiger partial charge on any atom is -0.373 e. The summed E-state index contributed by atoms with van der Waals surface area (Å²) in [7, 11) is 2.07. The maximum Gasteiger partial charge on any atom is 0.537 e. The molecular weight excluding hydrogens is 186 g/mol. The zero-order valence-corrected chi connectivity index (χ0v) is 8.98. The summed E-state index contributed by atoms with van der Waals surface area (Å²) in [6, 6.07) is 3.71. The van der Waals surface area contributed by atoms with Crippen molar-refractivity contribution in [1.29, 1.82) is 0 Å². The fourth-order valence-electron chi connectivity index (χ4n) is 1.15. The first-order chi connectivity index (χ1) is 6.29. The Morgan fingerprint density at radius 1 is 1.15 bits per heavy atom. The van der Waals surface area contributed by atoms with Crippen molar-refractivity contribution in [2.75, 3.05) is 21.3 Å². The van der Waals surface area contributed by atoms with E-state index in [1.807, 2.05) is 12.1 Å². The van der Waals surface area contributed by atoms with Crippen LogP contribution in [0.15, 0.2) is 24.5 Å². The molecule has 1 aromatic heterocycles. The summed E-state index contributed by atoms with van der Waals surface area (Å²) in [6.07, 6.45) is 3.40. The van der Waals surface area contributed by atoms with Crippen LogP contribution in [-0.2, 0) is 13.3 Å². The van der Waals surface area contributed by atoms with Crippen molar-refractivity contribution in [3.8, 4) is 0 Å². The predicted molar refractivity (Wildman–Crippen MR) is 50.7 cm³/mol. The Morgan fingerprint density at radius 3 is 2.15 bits per heavy atom. The van der Waals surface area contributed by atoms with Crippen LogP contribution in [0.3, 0.4) is 0 Å². The third-order valence-electron chi connectivity index (χ3n) is 1.82. The Morgan fingerprint density at radius 2 is 1.77 bits per heavy atom. The van der Waals surface area contributed by atoms with Crippen LogP contribution in [0.2, 0.25) is 0 Å². The van der Waals surface area contributed by atoms with Gasteiger partial charge in [0.2, 0.25) is 0 Å². The van der Waals surface area contributed by atoms with Crippen molar-refractivity contribution >= 4 is 14.0 Å². The number of hydrogen-bond acceptors (Lipinski definition) is 4. The number of pyridine rings is 1. The molecule has 0 aliphatic carbocycles. The molecule has 1 aromatic rings. The molecule has 72 valence electrons. The average Bonchev–Trinajstić information content (AvgIpc) is 2.23. The van der Waals surface area contributed by atoms with Gasteiger partial charge in [-0.25, -0.2) is 0 Å². The Balaban J connectivity index is 3.01. The lowest BCUT2D eigenvalue weighted by Crippen LogP contribution is -2.54. The highest BCUT2D eigenvalue weighted by atomic mass is 28.4. The number of rotatable bonds is 4. The summed E-state index contributed by atoms with van der Waals surface area (Å²) in [5.74, 6) is 0. The molecule has 0 saturated carbocycles. The first kappa shape index (κ1) is 10.3. The van der Waals surface area contributed by atoms with Crippen molar-refractivity contribution in [1.82, 2.24) is 4.98 Å². The average molecular weight is 199 g/mol. The van der Waals surface area contributed by atoms with E-state index in [1.54, 1.807) is 33.7 Å². The molecule has 0 fully saturated rings. The van der Waals surface area contributed by atoms with Crippen LogP contribution in [0.4, 0.5) is 0 Å². The van der Waals surface area contributed by atoms with Crippen LogP contribution in [0, 0.1) is 0 Å². The topological polar surface area (TPSA) is 40.6 Å². The molecule has 0 atom stereocenters. The molecule has 13 heavy (non-hydrogen) atoms. The van der Waals surface area contributed by atoms with Crippen molar-refractivity contribution in [3.05, 3.63) is 24.5 Å². The second-order valence-corrected chi connectivity index (χ2v) is 5.32. The van der Waals surface area contributed by atoms with E-state index in [0.717, 1.165) is 5.19 Å². The minimum atomic E-state index is -2.66. The van der Waals surface area contributed by atoms with Gasteiger partial charge in [-0.15, -0.1) is 0 Å². The van der Waals surface area contributed by atoms with E-state index < -0.39 is 8.80 Å². The molecule has 5 heteroatoms. The van der Waals surface area contributed by atoms with Gasteiger partial charge in [-0.2, -0.15) is 0 Å². The van der Waals surface area contributed by atoms with Crippen LogP contribution in [-0.4, -0.2) is 35.1 Å². The smallest absolute Gasteiger partial charge is 0.373 e. The van der Waals surface area contributed by atoms with Gasteiger partial charge in [0.25, 0.3) is 0 Å². The third-order valence-corrected chi connectivity index (χ3v) is 4.44. The Hall–Kier alpha value is -0.753. The molecule has 0 spiro atoms. The molecule has 0 aliphatic rings. The highest BCUT2D eigenvalue weighted by molar-refractivity contribution is 6.75. The lowest BCUT2D eigenvalue weighted by atomic mass is 10.5. The lowest BCUT2D eigenvalue weighted by Gasteiger charge is -2.23. The molecule has 1 heterocycles. The van der Waals surface area contributed by atoms with Gasteiger partial charge in [-0.3, -0.25) is 4.98 Å². The molecule has 1 rings (SSSR count). The molecular formula is C8H13NO3Si. The van der Waals surface area contributed by atoms with E-state index in [4.69, 9.17) is 13.3 Å². The third kappa shape index (κ3) is 1.94. The zero-order chi connectivity index (χ0) is 9.73. The van der Waals surface area contributed by atoms with Crippen LogP contribution in [0.1, 0.15) is 0 Å². The summed E-state index contributed by atoms with van der Waals surface area (Å²) in [4.78, 5) is 3.99. The highest BCUT2D eigenvalue weighted by Crippen LogP contribution is 2.05. The molecule has 0 bridgehead atoms. The fourth-order valence-corrected chi connectivity index (χ4v) is 2.89. The molecule has 0 saturated heterocycles. The van der Waals surface area contributed by atoms with Gasteiger partial charge < -0.3 is 13.3 Å². The second-order valence-electron chi connectivity index (χ2n) is 2.41. The van der Waals surface area contributed by atoms with Crippen molar-refractivity contribution in [2.45, 2.75) is 0 Å². The van der Waals surface area contributed by atoms with Gasteiger partial charge >= 0.3 is 8.80 Å². The fraction of sp³-hybridized carbons (Fsp3) is 0.375. The Bertz CT molecular complexity index is 243. The molecule has 0 aromatic carbocycles. The maximum atomic E-state index is 5.28. The second kappa shape index (κ2) is 4.47. The first-order valence-corrected chi connectivity index (χ1v) is 5.57. The van der Waals surface area contributed by atoms with E-state index in [0.29, 0.717) is 0 Å². The summed E-state index contributed by atoms with van der Waals surface area (Å²) in [5, 5.41) is 0.863. The van der Waals surface area contributed by atoms with Crippen molar-refractivity contribution in [2.24, 2.45) is 0 Å². The largest absolute Gasteiger partial charge is 0.537 e. The predicted octanol–water partition coefficient (Wildman–Crippen LogP) is 0.167. The number of hydrogen-bond donors (Lipinski definition) is 0. The van der Waals surface area contributed by atoms with Gasteiger partial charge in [0.15, 0.2) is 0 Å². The molecule has 0 unspecified atom stereocenters. The maximum absolute atomic E-state index is 5.28. The van der Waals surface area contributed by atoms with E-state index >= 15 is 0 Å². The van der Waals surface area contributed by atoms with E-state index in [2.05, 4.69) is 4.98 Å². The number of aromatic nitrogens is 1. The molecule has 0 aliphatic heterocycles. The SMILES string of the molecule is CO[Si](OC)(OC)c1cccnc1. The van der Waals surface area contributed by atoms with Crippen molar-refractivity contribution in [3.63, 3.8) is 0 Å². The summed E-state index contributed by atoms with van der Waals surface area (Å²) >= 11 is 0. The first-order valence-electron chi connectivity index (χ1n) is 3.85. The molecule has 4 nitrogen and oxygen atoms in total. The standard InChI is InChI=1S/C8H13NO3Si/c1-10-13(11-2,12-3)8-5-4-6-9-7-8/h4-7H,1-3H3. The van der Waals surface area contributed by atoms with Gasteiger partial charge in [0.05, 0.1) is 0 Å². The summed E-state index contributed by atoms with van der Waals surface area (Å²) < 4.78 is 15.8. The normalized spacial score (nSPS) is 11.6. The zero-order valence-electron chi connectivity index (χ0n) is 7.98. The minimum absolute atomic E-state index is 0.863. The Kier molecular flexibility index (Phi) is 3.55.